The summed E-state index contributed by atoms with van der Waals surface area (Å²) in [6.45, 7) is 0.305. The lowest BCUT2D eigenvalue weighted by Crippen LogP contribution is -2.29. The number of nitrogens with one attached hydrogen (secondary N) is 1. The Kier molecular flexibility index (Phi) is 3.44. The Bertz CT molecular complexity index is 748. The van der Waals surface area contributed by atoms with Gasteiger partial charge in [0.1, 0.15) is 5.69 Å². The number of nitrogens with two attached hydrogens (primary N) is 1. The minimum Gasteiger partial charge on any atom is -0.349 e. The van der Waals surface area contributed by atoms with Gasteiger partial charge in [-0.25, -0.2) is 4.68 Å². The van der Waals surface area contributed by atoms with Crippen LogP contribution in [0.25, 0.3) is 15.8 Å². The van der Waals surface area contributed by atoms with Gasteiger partial charge < -0.3 is 11.1 Å². The standard InChI is InChI=1S/C13H13N5OS/c14-6-13(19)15-7-10-8-18(17-16-10)11-1-2-12-9(5-11)3-4-20-12/h1-5,8H,6-7,14H2,(H,15,19). The smallest absolute Gasteiger partial charge is 0.234 e. The minimum absolute atomic E-state index is 0.0248. The number of carbonyl (C=O) groups excluding carboxylic acids is 1. The van der Waals surface area contributed by atoms with Crippen molar-refractivity contribution in [2.45, 2.75) is 6.54 Å². The second-order valence-corrected chi connectivity index (χ2v) is 5.23. The fourth-order valence-corrected chi connectivity index (χ4v) is 2.63. The quantitative estimate of drug-likeness (QED) is 0.751. The van der Waals surface area contributed by atoms with Gasteiger partial charge in [0.05, 0.1) is 25.0 Å². The number of thiophene rings is 1. The van der Waals surface area contributed by atoms with Crippen molar-refractivity contribution < 1.29 is 4.79 Å². The summed E-state index contributed by atoms with van der Waals surface area (Å²) in [5.74, 6) is -0.209. The number of nitrogens with zero attached hydrogens (tertiary/aromatic N) is 3. The molecule has 0 atom stereocenters. The monoisotopic (exact) mass is 287 g/mol. The van der Waals surface area contributed by atoms with E-state index in [9.17, 15) is 4.79 Å². The molecule has 6 nitrogen and oxygen atoms in total. The maximum atomic E-state index is 11.1. The zero-order valence-electron chi connectivity index (χ0n) is 10.6. The summed E-state index contributed by atoms with van der Waals surface area (Å²) < 4.78 is 2.94. The Morgan fingerprint density at radius 1 is 1.40 bits per heavy atom. The van der Waals surface area contributed by atoms with Crippen molar-refractivity contribution in [1.29, 1.82) is 0 Å². The SMILES string of the molecule is NCC(=O)NCc1cn(-c2ccc3sccc3c2)nn1. The molecule has 3 aromatic rings. The van der Waals surface area contributed by atoms with E-state index in [2.05, 4.69) is 39.2 Å². The molecule has 0 bridgehead atoms. The Hall–Kier alpha value is -2.25. The number of benzene rings is 1. The summed E-state index contributed by atoms with van der Waals surface area (Å²) in [5, 5.41) is 14.0. The highest BCUT2D eigenvalue weighted by molar-refractivity contribution is 7.17. The van der Waals surface area contributed by atoms with Gasteiger partial charge >= 0.3 is 0 Å². The molecule has 2 aromatic heterocycles. The molecule has 102 valence electrons. The summed E-state index contributed by atoms with van der Waals surface area (Å²) in [4.78, 5) is 11.1. The molecule has 0 aliphatic carbocycles. The first-order valence-electron chi connectivity index (χ1n) is 6.12. The molecule has 20 heavy (non-hydrogen) atoms. The van der Waals surface area contributed by atoms with Crippen LogP contribution in [-0.2, 0) is 11.3 Å². The van der Waals surface area contributed by atoms with E-state index in [4.69, 9.17) is 5.73 Å². The van der Waals surface area contributed by atoms with E-state index in [1.54, 1.807) is 22.2 Å². The van der Waals surface area contributed by atoms with E-state index >= 15 is 0 Å². The average molecular weight is 287 g/mol. The molecule has 1 aromatic carbocycles. The zero-order chi connectivity index (χ0) is 13.9. The Balaban J connectivity index is 1.80. The van der Waals surface area contributed by atoms with Crippen LogP contribution in [0, 0.1) is 0 Å². The molecule has 0 aliphatic rings. The molecule has 1 amide bonds. The molecule has 7 heteroatoms. The molecule has 3 N–H and O–H groups in total. The third-order valence-electron chi connectivity index (χ3n) is 2.89. The third-order valence-corrected chi connectivity index (χ3v) is 3.79. The fourth-order valence-electron chi connectivity index (χ4n) is 1.86. The molecule has 3 rings (SSSR count). The van der Waals surface area contributed by atoms with Crippen LogP contribution in [0.4, 0.5) is 0 Å². The van der Waals surface area contributed by atoms with Crippen molar-refractivity contribution in [3.05, 3.63) is 41.5 Å². The number of fused-ring (bicyclic) bond motifs is 1. The minimum atomic E-state index is -0.209. The molecule has 0 radical (unpaired) electrons. The molecule has 0 unspecified atom stereocenters. The van der Waals surface area contributed by atoms with Gasteiger partial charge in [-0.1, -0.05) is 5.21 Å². The number of hydrogen-bond donors (Lipinski definition) is 2. The van der Waals surface area contributed by atoms with Crippen molar-refractivity contribution in [1.82, 2.24) is 20.3 Å². The zero-order valence-corrected chi connectivity index (χ0v) is 11.4. The summed E-state index contributed by atoms with van der Waals surface area (Å²) in [6, 6.07) is 8.19. The summed E-state index contributed by atoms with van der Waals surface area (Å²) in [7, 11) is 0. The first-order valence-corrected chi connectivity index (χ1v) is 7.00. The first-order chi connectivity index (χ1) is 9.76. The fraction of sp³-hybridized carbons (Fsp3) is 0.154. The Morgan fingerprint density at radius 2 is 2.30 bits per heavy atom. The van der Waals surface area contributed by atoms with Gasteiger partial charge in [0, 0.05) is 4.70 Å². The van der Waals surface area contributed by atoms with E-state index in [0.717, 1.165) is 5.69 Å². The van der Waals surface area contributed by atoms with Gasteiger partial charge in [0.15, 0.2) is 0 Å². The van der Waals surface area contributed by atoms with Crippen molar-refractivity contribution in [2.24, 2.45) is 5.73 Å². The third kappa shape index (κ3) is 2.54. The van der Waals surface area contributed by atoms with Gasteiger partial charge in [-0.3, -0.25) is 4.79 Å². The molecular weight excluding hydrogens is 274 g/mol. The highest BCUT2D eigenvalue weighted by atomic mass is 32.1. The second kappa shape index (κ2) is 5.40. The highest BCUT2D eigenvalue weighted by Crippen LogP contribution is 2.23. The number of rotatable bonds is 4. The van der Waals surface area contributed by atoms with Gasteiger partial charge in [-0.15, -0.1) is 16.4 Å². The Morgan fingerprint density at radius 3 is 3.15 bits per heavy atom. The molecule has 0 saturated carbocycles. The van der Waals surface area contributed by atoms with Crippen molar-refractivity contribution in [3.63, 3.8) is 0 Å². The largest absolute Gasteiger partial charge is 0.349 e. The number of aromatic nitrogens is 3. The molecule has 0 fully saturated rings. The van der Waals surface area contributed by atoms with E-state index in [0.29, 0.717) is 12.2 Å². The van der Waals surface area contributed by atoms with E-state index in [1.807, 2.05) is 6.07 Å². The van der Waals surface area contributed by atoms with Gasteiger partial charge in [-0.05, 0) is 35.0 Å². The highest BCUT2D eigenvalue weighted by Gasteiger charge is 2.05. The number of hydrogen-bond acceptors (Lipinski definition) is 5. The van der Waals surface area contributed by atoms with Crippen LogP contribution >= 0.6 is 11.3 Å². The molecule has 2 heterocycles. The Labute approximate surface area is 119 Å². The van der Waals surface area contributed by atoms with E-state index in [1.165, 1.54) is 10.1 Å². The van der Waals surface area contributed by atoms with Gasteiger partial charge in [-0.2, -0.15) is 0 Å². The summed E-state index contributed by atoms with van der Waals surface area (Å²) in [6.07, 6.45) is 1.80. The summed E-state index contributed by atoms with van der Waals surface area (Å²) in [5.41, 5.74) is 6.86. The summed E-state index contributed by atoms with van der Waals surface area (Å²) >= 11 is 1.71. The second-order valence-electron chi connectivity index (χ2n) is 4.28. The van der Waals surface area contributed by atoms with Crippen LogP contribution in [0.5, 0.6) is 0 Å². The van der Waals surface area contributed by atoms with Crippen LogP contribution in [-0.4, -0.2) is 27.4 Å². The molecular formula is C13H13N5OS. The van der Waals surface area contributed by atoms with Crippen LogP contribution in [0.15, 0.2) is 35.8 Å². The van der Waals surface area contributed by atoms with Gasteiger partial charge in [0.2, 0.25) is 5.91 Å². The van der Waals surface area contributed by atoms with Crippen molar-refractivity contribution >= 4 is 27.3 Å². The average Bonchev–Trinajstić information content (AvgIpc) is 3.12. The normalized spacial score (nSPS) is 10.8. The molecule has 0 saturated heterocycles. The lowest BCUT2D eigenvalue weighted by atomic mass is 10.2. The van der Waals surface area contributed by atoms with E-state index in [-0.39, 0.29) is 12.5 Å². The predicted molar refractivity (Wildman–Crippen MR) is 77.6 cm³/mol. The molecule has 0 spiro atoms. The maximum Gasteiger partial charge on any atom is 0.234 e. The van der Waals surface area contributed by atoms with Gasteiger partial charge in [0.25, 0.3) is 0 Å². The number of carbonyl (C=O) groups is 1. The first kappa shape index (κ1) is 12.8. The van der Waals surface area contributed by atoms with Crippen molar-refractivity contribution in [2.75, 3.05) is 6.54 Å². The lowest BCUT2D eigenvalue weighted by Gasteiger charge is -2.00. The van der Waals surface area contributed by atoms with Crippen LogP contribution in [0.1, 0.15) is 5.69 Å². The van der Waals surface area contributed by atoms with Crippen molar-refractivity contribution in [3.8, 4) is 5.69 Å². The van der Waals surface area contributed by atoms with Crippen LogP contribution < -0.4 is 11.1 Å². The van der Waals surface area contributed by atoms with Crippen LogP contribution in [0.2, 0.25) is 0 Å². The van der Waals surface area contributed by atoms with E-state index < -0.39 is 0 Å². The molecule has 0 aliphatic heterocycles. The lowest BCUT2D eigenvalue weighted by molar-refractivity contribution is -0.119. The predicted octanol–water partition coefficient (Wildman–Crippen LogP) is 1.06. The number of amides is 1. The topological polar surface area (TPSA) is 85.8 Å². The maximum absolute atomic E-state index is 11.1. The van der Waals surface area contributed by atoms with Crippen LogP contribution in [0.3, 0.4) is 0 Å².